The van der Waals surface area contributed by atoms with E-state index in [1.54, 1.807) is 30.5 Å². The second-order valence-electron chi connectivity index (χ2n) is 6.76. The molecule has 26 heavy (non-hydrogen) atoms. The lowest BCUT2D eigenvalue weighted by Gasteiger charge is -2.20. The van der Waals surface area contributed by atoms with Crippen LogP contribution in [0.25, 0.3) is 11.5 Å². The van der Waals surface area contributed by atoms with Crippen LogP contribution in [0.4, 0.5) is 4.39 Å². The first-order valence-corrected chi connectivity index (χ1v) is 8.68. The average Bonchev–Trinajstić information content (AvgIpc) is 3.27. The van der Waals surface area contributed by atoms with Crippen LogP contribution in [-0.4, -0.2) is 35.6 Å². The summed E-state index contributed by atoms with van der Waals surface area (Å²) < 4.78 is 20.2. The SMILES string of the molecule is CC(=O)NC[C@@]1(F)CC[C@H](CNC(=O)c2ccc(-c3ccccn3)o2)C1. The Bertz CT molecular complexity index is 777. The van der Waals surface area contributed by atoms with Crippen molar-refractivity contribution < 1.29 is 18.4 Å². The van der Waals surface area contributed by atoms with E-state index in [2.05, 4.69) is 15.6 Å². The van der Waals surface area contributed by atoms with Gasteiger partial charge in [-0.3, -0.25) is 14.6 Å². The van der Waals surface area contributed by atoms with Crippen molar-refractivity contribution in [2.75, 3.05) is 13.1 Å². The molecule has 138 valence electrons. The van der Waals surface area contributed by atoms with E-state index in [0.717, 1.165) is 0 Å². The van der Waals surface area contributed by atoms with Gasteiger partial charge in [-0.2, -0.15) is 0 Å². The molecule has 2 aromatic heterocycles. The number of amides is 2. The highest BCUT2D eigenvalue weighted by Gasteiger charge is 2.39. The highest BCUT2D eigenvalue weighted by Crippen LogP contribution is 2.37. The van der Waals surface area contributed by atoms with E-state index in [9.17, 15) is 14.0 Å². The van der Waals surface area contributed by atoms with E-state index in [1.807, 2.05) is 6.07 Å². The van der Waals surface area contributed by atoms with Gasteiger partial charge in [0.2, 0.25) is 5.91 Å². The van der Waals surface area contributed by atoms with Gasteiger partial charge in [-0.05, 0) is 49.4 Å². The van der Waals surface area contributed by atoms with E-state index < -0.39 is 5.67 Å². The fourth-order valence-electron chi connectivity index (χ4n) is 3.23. The van der Waals surface area contributed by atoms with Crippen LogP contribution in [0.2, 0.25) is 0 Å². The summed E-state index contributed by atoms with van der Waals surface area (Å²) in [7, 11) is 0. The first-order chi connectivity index (χ1) is 12.5. The standard InChI is InChI=1S/C19H22FN3O3/c1-13(24)23-12-19(20)8-7-14(10-19)11-22-18(25)17-6-5-16(26-17)15-4-2-3-9-21-15/h2-6,9,14H,7-8,10-12H2,1H3,(H,22,25)(H,23,24)/t14-,19+/m0/s1. The predicted octanol–water partition coefficient (Wildman–Crippen LogP) is 2.72. The van der Waals surface area contributed by atoms with Crippen LogP contribution in [0, 0.1) is 5.92 Å². The quantitative estimate of drug-likeness (QED) is 0.831. The number of carbonyl (C=O) groups excluding carboxylic acids is 2. The molecule has 2 atom stereocenters. The molecule has 3 rings (SSSR count). The minimum atomic E-state index is -1.39. The summed E-state index contributed by atoms with van der Waals surface area (Å²) >= 11 is 0. The van der Waals surface area contributed by atoms with Crippen molar-refractivity contribution in [1.29, 1.82) is 0 Å². The number of pyridine rings is 1. The van der Waals surface area contributed by atoms with Crippen molar-refractivity contribution in [3.05, 3.63) is 42.3 Å². The third kappa shape index (κ3) is 4.47. The van der Waals surface area contributed by atoms with Gasteiger partial charge < -0.3 is 15.1 Å². The Morgan fingerprint density at radius 3 is 2.88 bits per heavy atom. The van der Waals surface area contributed by atoms with Crippen LogP contribution in [0.5, 0.6) is 0 Å². The summed E-state index contributed by atoms with van der Waals surface area (Å²) in [5.41, 5.74) is -0.736. The van der Waals surface area contributed by atoms with Gasteiger partial charge in [0.15, 0.2) is 11.5 Å². The lowest BCUT2D eigenvalue weighted by molar-refractivity contribution is -0.119. The highest BCUT2D eigenvalue weighted by atomic mass is 19.1. The van der Waals surface area contributed by atoms with Crippen LogP contribution in [0.3, 0.4) is 0 Å². The van der Waals surface area contributed by atoms with Gasteiger partial charge in [-0.25, -0.2) is 4.39 Å². The summed E-state index contributed by atoms with van der Waals surface area (Å²) in [6.07, 6.45) is 3.04. The molecule has 0 saturated heterocycles. The molecule has 7 heteroatoms. The average molecular weight is 359 g/mol. The summed E-state index contributed by atoms with van der Waals surface area (Å²) in [6, 6.07) is 8.75. The molecule has 2 amide bonds. The first kappa shape index (κ1) is 18.1. The maximum atomic E-state index is 14.6. The molecular weight excluding hydrogens is 337 g/mol. The lowest BCUT2D eigenvalue weighted by atomic mass is 10.0. The van der Waals surface area contributed by atoms with E-state index in [0.29, 0.717) is 37.3 Å². The molecule has 1 fully saturated rings. The van der Waals surface area contributed by atoms with Crippen molar-refractivity contribution in [3.8, 4) is 11.5 Å². The normalized spacial score (nSPS) is 22.2. The van der Waals surface area contributed by atoms with Gasteiger partial charge in [-0.1, -0.05) is 6.07 Å². The van der Waals surface area contributed by atoms with E-state index in [-0.39, 0.29) is 30.0 Å². The van der Waals surface area contributed by atoms with Gasteiger partial charge in [0.25, 0.3) is 5.91 Å². The number of carbonyl (C=O) groups is 2. The molecular formula is C19H22FN3O3. The number of alkyl halides is 1. The summed E-state index contributed by atoms with van der Waals surface area (Å²) in [4.78, 5) is 27.4. The van der Waals surface area contributed by atoms with Crippen LogP contribution in [0.15, 0.2) is 40.9 Å². The van der Waals surface area contributed by atoms with E-state index >= 15 is 0 Å². The molecule has 0 radical (unpaired) electrons. The number of hydrogen-bond acceptors (Lipinski definition) is 4. The Labute approximate surface area is 151 Å². The van der Waals surface area contributed by atoms with E-state index in [4.69, 9.17) is 4.42 Å². The Morgan fingerprint density at radius 1 is 1.31 bits per heavy atom. The monoisotopic (exact) mass is 359 g/mol. The van der Waals surface area contributed by atoms with Gasteiger partial charge in [0, 0.05) is 19.7 Å². The van der Waals surface area contributed by atoms with E-state index in [1.165, 1.54) is 6.92 Å². The molecule has 1 aliphatic carbocycles. The number of nitrogens with one attached hydrogen (secondary N) is 2. The molecule has 0 aromatic carbocycles. The number of rotatable bonds is 6. The Kier molecular flexibility index (Phi) is 5.35. The first-order valence-electron chi connectivity index (χ1n) is 8.68. The molecule has 0 unspecified atom stereocenters. The number of hydrogen-bond donors (Lipinski definition) is 2. The molecule has 2 aromatic rings. The second kappa shape index (κ2) is 7.68. The number of nitrogens with zero attached hydrogens (tertiary/aromatic N) is 1. The maximum absolute atomic E-state index is 14.6. The number of halogens is 1. The highest BCUT2D eigenvalue weighted by molar-refractivity contribution is 5.92. The van der Waals surface area contributed by atoms with Crippen molar-refractivity contribution in [2.45, 2.75) is 31.9 Å². The van der Waals surface area contributed by atoms with Crippen LogP contribution in [0.1, 0.15) is 36.7 Å². The maximum Gasteiger partial charge on any atom is 0.287 e. The fraction of sp³-hybridized carbons (Fsp3) is 0.421. The zero-order valence-electron chi connectivity index (χ0n) is 14.6. The van der Waals surface area contributed by atoms with Crippen molar-refractivity contribution >= 4 is 11.8 Å². The lowest BCUT2D eigenvalue weighted by Crippen LogP contribution is -2.37. The molecule has 1 aliphatic rings. The van der Waals surface area contributed by atoms with Gasteiger partial charge >= 0.3 is 0 Å². The zero-order valence-corrected chi connectivity index (χ0v) is 14.6. The van der Waals surface area contributed by atoms with Crippen LogP contribution < -0.4 is 10.6 Å². The van der Waals surface area contributed by atoms with Crippen LogP contribution in [-0.2, 0) is 4.79 Å². The van der Waals surface area contributed by atoms with Gasteiger partial charge in [0.05, 0.1) is 6.54 Å². The van der Waals surface area contributed by atoms with Crippen molar-refractivity contribution in [1.82, 2.24) is 15.6 Å². The Morgan fingerprint density at radius 2 is 2.15 bits per heavy atom. The summed E-state index contributed by atoms with van der Waals surface area (Å²) in [5.74, 6) is 0.205. The number of furan rings is 1. The molecule has 6 nitrogen and oxygen atoms in total. The van der Waals surface area contributed by atoms with Gasteiger partial charge in [0.1, 0.15) is 11.4 Å². The largest absolute Gasteiger partial charge is 0.449 e. The number of aromatic nitrogens is 1. The third-order valence-electron chi connectivity index (χ3n) is 4.61. The molecule has 0 aliphatic heterocycles. The minimum absolute atomic E-state index is 0.0262. The summed E-state index contributed by atoms with van der Waals surface area (Å²) in [6.45, 7) is 1.78. The Balaban J connectivity index is 1.51. The Hall–Kier alpha value is -2.70. The fourth-order valence-corrected chi connectivity index (χ4v) is 3.23. The zero-order chi connectivity index (χ0) is 18.6. The van der Waals surface area contributed by atoms with Gasteiger partial charge in [-0.15, -0.1) is 0 Å². The van der Waals surface area contributed by atoms with Crippen molar-refractivity contribution in [2.24, 2.45) is 5.92 Å². The third-order valence-corrected chi connectivity index (χ3v) is 4.61. The second-order valence-corrected chi connectivity index (χ2v) is 6.76. The molecule has 1 saturated carbocycles. The molecule has 0 spiro atoms. The minimum Gasteiger partial charge on any atom is -0.449 e. The molecule has 2 N–H and O–H groups in total. The van der Waals surface area contributed by atoms with Crippen molar-refractivity contribution in [3.63, 3.8) is 0 Å². The molecule has 2 heterocycles. The topological polar surface area (TPSA) is 84.2 Å². The summed E-state index contributed by atoms with van der Waals surface area (Å²) in [5, 5.41) is 5.34. The smallest absolute Gasteiger partial charge is 0.287 e. The predicted molar refractivity (Wildman–Crippen MR) is 94.1 cm³/mol. The molecule has 0 bridgehead atoms. The van der Waals surface area contributed by atoms with Crippen LogP contribution >= 0.6 is 0 Å².